The molecule has 1 heterocycles. The number of nitrogens with one attached hydrogen (secondary N) is 2. The van der Waals surface area contributed by atoms with E-state index in [1.807, 2.05) is 42.7 Å². The van der Waals surface area contributed by atoms with Crippen LogP contribution in [0.3, 0.4) is 0 Å². The summed E-state index contributed by atoms with van der Waals surface area (Å²) >= 11 is 1.29. The largest absolute Gasteiger partial charge is 0.497 e. The topological polar surface area (TPSA) is 98.1 Å². The van der Waals surface area contributed by atoms with Crippen LogP contribution in [-0.2, 0) is 17.8 Å². The molecule has 3 rings (SSSR count). The van der Waals surface area contributed by atoms with Crippen LogP contribution in [0.25, 0.3) is 0 Å². The van der Waals surface area contributed by atoms with Crippen molar-refractivity contribution in [3.8, 4) is 5.75 Å². The Morgan fingerprint density at radius 3 is 2.39 bits per heavy atom. The Morgan fingerprint density at radius 1 is 1.11 bits per heavy atom. The van der Waals surface area contributed by atoms with Crippen molar-refractivity contribution in [2.24, 2.45) is 5.92 Å². The molecule has 2 aromatic carbocycles. The third-order valence-corrected chi connectivity index (χ3v) is 6.59. The number of aryl methyl sites for hydroxylation is 1. The van der Waals surface area contributed by atoms with Gasteiger partial charge in [-0.3, -0.25) is 9.59 Å². The lowest BCUT2D eigenvalue weighted by Crippen LogP contribution is -2.33. The summed E-state index contributed by atoms with van der Waals surface area (Å²) in [5.41, 5.74) is 2.49. The Hall–Kier alpha value is -3.59. The molecule has 0 unspecified atom stereocenters. The van der Waals surface area contributed by atoms with E-state index in [1.54, 1.807) is 37.5 Å². The number of allylic oxidation sites excluding steroid dienone is 1. The van der Waals surface area contributed by atoms with E-state index in [4.69, 9.17) is 4.74 Å². The second-order valence-electron chi connectivity index (χ2n) is 8.55. The van der Waals surface area contributed by atoms with Gasteiger partial charge in [0.2, 0.25) is 5.91 Å². The molecule has 0 saturated heterocycles. The van der Waals surface area contributed by atoms with Gasteiger partial charge in [-0.15, -0.1) is 16.8 Å². The van der Waals surface area contributed by atoms with Crippen molar-refractivity contribution in [1.82, 2.24) is 20.1 Å². The molecule has 0 aliphatic rings. The van der Waals surface area contributed by atoms with Crippen LogP contribution in [0.5, 0.6) is 5.75 Å². The zero-order chi connectivity index (χ0) is 26.1. The van der Waals surface area contributed by atoms with Crippen molar-refractivity contribution >= 4 is 29.3 Å². The maximum Gasteiger partial charge on any atom is 0.251 e. The first-order valence-corrected chi connectivity index (χ1v) is 12.8. The summed E-state index contributed by atoms with van der Waals surface area (Å²) in [7, 11) is 1.58. The molecule has 0 spiro atoms. The fourth-order valence-corrected chi connectivity index (χ4v) is 4.34. The molecule has 0 aliphatic carbocycles. The van der Waals surface area contributed by atoms with Crippen molar-refractivity contribution in [2.45, 2.75) is 44.9 Å². The summed E-state index contributed by atoms with van der Waals surface area (Å²) in [6, 6.07) is 14.4. The lowest BCUT2D eigenvalue weighted by Gasteiger charge is -2.22. The molecule has 0 fully saturated rings. The third-order valence-electron chi connectivity index (χ3n) is 5.62. The first-order valence-electron chi connectivity index (χ1n) is 11.9. The predicted octanol–water partition coefficient (Wildman–Crippen LogP) is 4.89. The van der Waals surface area contributed by atoms with E-state index >= 15 is 0 Å². The van der Waals surface area contributed by atoms with Crippen molar-refractivity contribution in [3.63, 3.8) is 0 Å². The van der Waals surface area contributed by atoms with Gasteiger partial charge >= 0.3 is 0 Å². The van der Waals surface area contributed by atoms with Crippen LogP contribution in [0.1, 0.15) is 48.6 Å². The van der Waals surface area contributed by atoms with Gasteiger partial charge in [-0.05, 0) is 54.3 Å². The molecule has 0 radical (unpaired) electrons. The highest BCUT2D eigenvalue weighted by molar-refractivity contribution is 7.99. The summed E-state index contributed by atoms with van der Waals surface area (Å²) in [5, 5.41) is 15.3. The van der Waals surface area contributed by atoms with Gasteiger partial charge < -0.3 is 19.9 Å². The summed E-state index contributed by atoms with van der Waals surface area (Å²) in [6.07, 6.45) is 2.69. The van der Waals surface area contributed by atoms with E-state index in [0.717, 1.165) is 12.1 Å². The molecular formula is C27H33N5O3S. The second-order valence-corrected chi connectivity index (χ2v) is 9.49. The molecule has 0 aliphatic heterocycles. The first kappa shape index (κ1) is 27.0. The van der Waals surface area contributed by atoms with Crippen LogP contribution in [0, 0.1) is 5.92 Å². The van der Waals surface area contributed by atoms with Crippen molar-refractivity contribution in [1.29, 1.82) is 0 Å². The highest BCUT2D eigenvalue weighted by atomic mass is 32.2. The molecule has 1 aromatic heterocycles. The average molecular weight is 508 g/mol. The molecule has 2 N–H and O–H groups in total. The van der Waals surface area contributed by atoms with E-state index in [1.165, 1.54) is 17.3 Å². The Kier molecular flexibility index (Phi) is 9.69. The fraction of sp³-hybridized carbons (Fsp3) is 0.333. The minimum atomic E-state index is -0.382. The molecule has 0 saturated carbocycles. The number of ether oxygens (including phenoxy) is 1. The van der Waals surface area contributed by atoms with Gasteiger partial charge in [0, 0.05) is 17.8 Å². The molecule has 0 bridgehead atoms. The van der Waals surface area contributed by atoms with E-state index in [-0.39, 0.29) is 29.5 Å². The standard InChI is InChI=1S/C27H33N5O3S/c1-6-16-32-25(24(18(3)4)29-26(34)20-10-14-22(35-5)15-11-20)30-31-27(32)36-17-23(33)28-21-12-8-19(7-2)9-13-21/h6,8-15,18,24H,1,7,16-17H2,2-5H3,(H,28,33)(H,29,34)/t24-/m1/s1. The van der Waals surface area contributed by atoms with E-state index in [2.05, 4.69) is 34.3 Å². The van der Waals surface area contributed by atoms with Gasteiger partial charge in [0.25, 0.3) is 5.91 Å². The van der Waals surface area contributed by atoms with Crippen LogP contribution in [-0.4, -0.2) is 39.4 Å². The van der Waals surface area contributed by atoms with Gasteiger partial charge in [0.15, 0.2) is 11.0 Å². The molecule has 36 heavy (non-hydrogen) atoms. The molecule has 190 valence electrons. The number of nitrogens with zero attached hydrogens (tertiary/aromatic N) is 3. The van der Waals surface area contributed by atoms with Crippen LogP contribution < -0.4 is 15.4 Å². The van der Waals surface area contributed by atoms with Crippen molar-refractivity contribution in [3.05, 3.63) is 78.1 Å². The summed E-state index contributed by atoms with van der Waals surface area (Å²) in [4.78, 5) is 25.5. The van der Waals surface area contributed by atoms with E-state index in [0.29, 0.717) is 28.8 Å². The Bertz CT molecular complexity index is 1170. The lowest BCUT2D eigenvalue weighted by molar-refractivity contribution is -0.113. The minimum Gasteiger partial charge on any atom is -0.497 e. The summed E-state index contributed by atoms with van der Waals surface area (Å²) < 4.78 is 7.06. The normalized spacial score (nSPS) is 11.7. The number of aromatic nitrogens is 3. The lowest BCUT2D eigenvalue weighted by atomic mass is 10.0. The SMILES string of the molecule is C=CCn1c(SCC(=O)Nc2ccc(CC)cc2)nnc1[C@H](NC(=O)c1ccc(OC)cc1)C(C)C. The number of hydrogen-bond acceptors (Lipinski definition) is 6. The van der Waals surface area contributed by atoms with E-state index in [9.17, 15) is 9.59 Å². The Morgan fingerprint density at radius 2 is 1.81 bits per heavy atom. The monoisotopic (exact) mass is 507 g/mol. The number of amides is 2. The summed E-state index contributed by atoms with van der Waals surface area (Å²) in [5.74, 6) is 1.17. The zero-order valence-electron chi connectivity index (χ0n) is 21.2. The van der Waals surface area contributed by atoms with Gasteiger partial charge in [-0.25, -0.2) is 0 Å². The fourth-order valence-electron chi connectivity index (χ4n) is 3.58. The van der Waals surface area contributed by atoms with Gasteiger partial charge in [0.1, 0.15) is 5.75 Å². The molecule has 8 nitrogen and oxygen atoms in total. The number of rotatable bonds is 12. The Balaban J connectivity index is 1.72. The number of hydrogen-bond donors (Lipinski definition) is 2. The smallest absolute Gasteiger partial charge is 0.251 e. The average Bonchev–Trinajstić information content (AvgIpc) is 3.28. The number of anilines is 1. The number of thioether (sulfide) groups is 1. The quantitative estimate of drug-likeness (QED) is 0.267. The molecular weight excluding hydrogens is 474 g/mol. The highest BCUT2D eigenvalue weighted by Crippen LogP contribution is 2.26. The van der Waals surface area contributed by atoms with Crippen molar-refractivity contribution < 1.29 is 14.3 Å². The Labute approximate surface area is 216 Å². The minimum absolute atomic E-state index is 0.0483. The van der Waals surface area contributed by atoms with Gasteiger partial charge in [-0.1, -0.05) is 50.7 Å². The number of carbonyl (C=O) groups excluding carboxylic acids is 2. The first-order chi connectivity index (χ1) is 17.4. The van der Waals surface area contributed by atoms with E-state index < -0.39 is 0 Å². The maximum absolute atomic E-state index is 12.9. The molecule has 3 aromatic rings. The van der Waals surface area contributed by atoms with Crippen LogP contribution in [0.2, 0.25) is 0 Å². The number of carbonyl (C=O) groups is 2. The third kappa shape index (κ3) is 6.97. The van der Waals surface area contributed by atoms with Crippen LogP contribution >= 0.6 is 11.8 Å². The van der Waals surface area contributed by atoms with Crippen LogP contribution in [0.15, 0.2) is 66.3 Å². The highest BCUT2D eigenvalue weighted by Gasteiger charge is 2.26. The second kappa shape index (κ2) is 12.9. The predicted molar refractivity (Wildman–Crippen MR) is 143 cm³/mol. The van der Waals surface area contributed by atoms with Gasteiger partial charge in [-0.2, -0.15) is 0 Å². The number of benzene rings is 2. The van der Waals surface area contributed by atoms with Crippen molar-refractivity contribution in [2.75, 3.05) is 18.2 Å². The molecule has 1 atom stereocenters. The van der Waals surface area contributed by atoms with Gasteiger partial charge in [0.05, 0.1) is 18.9 Å². The zero-order valence-corrected chi connectivity index (χ0v) is 22.0. The van der Waals surface area contributed by atoms with Crippen LogP contribution in [0.4, 0.5) is 5.69 Å². The summed E-state index contributed by atoms with van der Waals surface area (Å²) in [6.45, 7) is 10.4. The maximum atomic E-state index is 12.9. The number of methoxy groups -OCH3 is 1. The molecule has 2 amide bonds. The molecule has 9 heteroatoms.